The Balaban J connectivity index is 1.41. The first-order valence-corrected chi connectivity index (χ1v) is 9.45. The van der Waals surface area contributed by atoms with E-state index in [4.69, 9.17) is 21.7 Å². The smallest absolute Gasteiger partial charge is 0.433 e. The highest BCUT2D eigenvalue weighted by Gasteiger charge is 2.29. The Labute approximate surface area is 158 Å². The van der Waals surface area contributed by atoms with Crippen LogP contribution in [0.15, 0.2) is 48.5 Å². The quantitative estimate of drug-likeness (QED) is 0.643. The van der Waals surface area contributed by atoms with Gasteiger partial charge in [0.05, 0.1) is 6.04 Å². The number of ether oxygens (including phenoxy) is 2. The van der Waals surface area contributed by atoms with Crippen molar-refractivity contribution in [1.29, 1.82) is 0 Å². The molecule has 1 saturated heterocycles. The summed E-state index contributed by atoms with van der Waals surface area (Å²) in [5.41, 5.74) is 4.76. The van der Waals surface area contributed by atoms with Crippen molar-refractivity contribution in [2.75, 3.05) is 13.2 Å². The van der Waals surface area contributed by atoms with Crippen LogP contribution in [0.1, 0.15) is 36.3 Å². The maximum atomic E-state index is 12.1. The number of hydrogen-bond acceptors (Lipinski definition) is 5. The number of carbonyl (C=O) groups is 1. The third kappa shape index (κ3) is 3.37. The molecule has 1 heterocycles. The van der Waals surface area contributed by atoms with Crippen molar-refractivity contribution in [2.45, 2.75) is 31.2 Å². The molecule has 1 N–H and O–H groups in total. The van der Waals surface area contributed by atoms with Crippen LogP contribution in [0.2, 0.25) is 0 Å². The molecular weight excluding hydrogens is 346 g/mol. The molecule has 0 amide bonds. The molecule has 2 aromatic carbocycles. The van der Waals surface area contributed by atoms with Crippen molar-refractivity contribution >= 4 is 23.4 Å². The van der Waals surface area contributed by atoms with Crippen LogP contribution in [0.5, 0.6) is 0 Å². The number of nitrogens with one attached hydrogen (secondary N) is 1. The first-order valence-electron chi connectivity index (χ1n) is 9.04. The zero-order valence-electron chi connectivity index (χ0n) is 14.4. The molecule has 4 rings (SSSR count). The van der Waals surface area contributed by atoms with Crippen molar-refractivity contribution in [3.05, 3.63) is 59.7 Å². The van der Waals surface area contributed by atoms with E-state index in [-0.39, 0.29) is 23.6 Å². The maximum absolute atomic E-state index is 12.1. The number of carbonyl (C=O) groups excluding carboxylic acids is 1. The van der Waals surface area contributed by atoms with Crippen molar-refractivity contribution < 1.29 is 14.3 Å². The Bertz CT molecular complexity index is 784. The molecule has 0 radical (unpaired) electrons. The molecule has 0 bridgehead atoms. The van der Waals surface area contributed by atoms with Crippen LogP contribution >= 0.6 is 12.2 Å². The summed E-state index contributed by atoms with van der Waals surface area (Å²) < 4.78 is 10.7. The van der Waals surface area contributed by atoms with E-state index in [0.717, 1.165) is 25.8 Å². The van der Waals surface area contributed by atoms with Gasteiger partial charge in [-0.1, -0.05) is 55.0 Å². The summed E-state index contributed by atoms with van der Waals surface area (Å²) in [6.07, 6.45) is 2.40. The number of hydrogen-bond donors (Lipinski definition) is 1. The lowest BCUT2D eigenvalue weighted by Gasteiger charge is -2.23. The van der Waals surface area contributed by atoms with Gasteiger partial charge in [0, 0.05) is 5.92 Å². The fourth-order valence-electron chi connectivity index (χ4n) is 3.83. The van der Waals surface area contributed by atoms with E-state index in [2.05, 4.69) is 29.6 Å². The summed E-state index contributed by atoms with van der Waals surface area (Å²) in [7, 11) is 0. The van der Waals surface area contributed by atoms with E-state index in [1.807, 2.05) is 24.3 Å². The number of benzene rings is 2. The Morgan fingerprint density at radius 1 is 1.04 bits per heavy atom. The van der Waals surface area contributed by atoms with Crippen LogP contribution < -0.4 is 5.32 Å². The molecule has 0 spiro atoms. The van der Waals surface area contributed by atoms with Gasteiger partial charge >= 0.3 is 6.16 Å². The van der Waals surface area contributed by atoms with Crippen LogP contribution in [0.25, 0.3) is 11.1 Å². The van der Waals surface area contributed by atoms with Crippen LogP contribution in [0.4, 0.5) is 4.79 Å². The molecule has 0 saturated carbocycles. The number of fused-ring (bicyclic) bond motifs is 3. The van der Waals surface area contributed by atoms with Crippen LogP contribution in [-0.2, 0) is 9.47 Å². The molecule has 5 heteroatoms. The monoisotopic (exact) mass is 367 g/mol. The SMILES string of the molecule is O=C(OCC1c2ccccc2-c2ccccc21)OC(=S)C1CCCCN1. The molecular formula is C21H21NO3S. The number of thiocarbonyl (C=S) groups is 1. The highest BCUT2D eigenvalue weighted by atomic mass is 32.1. The van der Waals surface area contributed by atoms with Crippen LogP contribution in [0, 0.1) is 0 Å². The Hall–Kier alpha value is -2.24. The topological polar surface area (TPSA) is 47.6 Å². The number of rotatable bonds is 3. The summed E-state index contributed by atoms with van der Waals surface area (Å²) in [5, 5.41) is 3.55. The first-order chi connectivity index (χ1) is 12.7. The van der Waals surface area contributed by atoms with E-state index < -0.39 is 6.16 Å². The second-order valence-corrected chi connectivity index (χ2v) is 7.11. The minimum Gasteiger partial charge on any atom is -0.433 e. The average molecular weight is 367 g/mol. The summed E-state index contributed by atoms with van der Waals surface area (Å²) >= 11 is 5.24. The molecule has 2 aliphatic rings. The standard InChI is InChI=1S/C21H21NO3S/c23-21(25-20(26)19-11-5-6-12-22-19)24-13-18-16-9-3-1-7-14(16)15-8-2-4-10-17(15)18/h1-4,7-10,18-19,22H,5-6,11-13H2. The zero-order chi connectivity index (χ0) is 17.9. The molecule has 1 fully saturated rings. The third-order valence-corrected chi connectivity index (χ3v) is 5.48. The highest BCUT2D eigenvalue weighted by Crippen LogP contribution is 2.44. The van der Waals surface area contributed by atoms with Crippen molar-refractivity contribution in [1.82, 2.24) is 5.32 Å². The molecule has 0 aromatic heterocycles. The normalized spacial score (nSPS) is 18.7. The predicted octanol–water partition coefficient (Wildman–Crippen LogP) is 4.42. The largest absolute Gasteiger partial charge is 0.514 e. The second kappa shape index (κ2) is 7.56. The molecule has 1 atom stereocenters. The Kier molecular flexibility index (Phi) is 5.00. The number of piperidine rings is 1. The minimum absolute atomic E-state index is 0.0244. The first kappa shape index (κ1) is 17.2. The van der Waals surface area contributed by atoms with Crippen LogP contribution in [0.3, 0.4) is 0 Å². The lowest BCUT2D eigenvalue weighted by atomic mass is 9.98. The summed E-state index contributed by atoms with van der Waals surface area (Å²) in [6, 6.07) is 16.4. The van der Waals surface area contributed by atoms with Gasteiger partial charge in [-0.05, 0) is 53.9 Å². The van der Waals surface area contributed by atoms with Crippen molar-refractivity contribution in [3.8, 4) is 11.1 Å². The predicted molar refractivity (Wildman–Crippen MR) is 104 cm³/mol. The van der Waals surface area contributed by atoms with Crippen molar-refractivity contribution in [2.24, 2.45) is 0 Å². The highest BCUT2D eigenvalue weighted by molar-refractivity contribution is 7.80. The minimum atomic E-state index is -0.718. The van der Waals surface area contributed by atoms with Crippen LogP contribution in [-0.4, -0.2) is 30.4 Å². The second-order valence-electron chi connectivity index (χ2n) is 6.71. The molecule has 1 aliphatic carbocycles. The molecule has 26 heavy (non-hydrogen) atoms. The third-order valence-electron chi connectivity index (χ3n) is 5.11. The summed E-state index contributed by atoms with van der Waals surface area (Å²) in [6.45, 7) is 1.15. The Morgan fingerprint density at radius 3 is 2.31 bits per heavy atom. The van der Waals surface area contributed by atoms with Gasteiger partial charge in [-0.2, -0.15) is 0 Å². The molecule has 1 aliphatic heterocycles. The average Bonchev–Trinajstić information content (AvgIpc) is 3.01. The summed E-state index contributed by atoms with van der Waals surface area (Å²) in [5.74, 6) is 0.0244. The van der Waals surface area contributed by atoms with Gasteiger partial charge in [0.2, 0.25) is 0 Å². The summed E-state index contributed by atoms with van der Waals surface area (Å²) in [4.78, 5) is 12.1. The van der Waals surface area contributed by atoms with Gasteiger partial charge in [-0.25, -0.2) is 4.79 Å². The van der Waals surface area contributed by atoms with Gasteiger partial charge in [-0.3, -0.25) is 0 Å². The molecule has 2 aromatic rings. The van der Waals surface area contributed by atoms with E-state index >= 15 is 0 Å². The van der Waals surface area contributed by atoms with Gasteiger partial charge < -0.3 is 14.8 Å². The lowest BCUT2D eigenvalue weighted by molar-refractivity contribution is 0.0918. The fraction of sp³-hybridized carbons (Fsp3) is 0.333. The van der Waals surface area contributed by atoms with Gasteiger partial charge in [0.25, 0.3) is 0 Å². The van der Waals surface area contributed by atoms with E-state index in [0.29, 0.717) is 0 Å². The molecule has 1 unspecified atom stereocenters. The van der Waals surface area contributed by atoms with E-state index in [1.165, 1.54) is 22.3 Å². The van der Waals surface area contributed by atoms with E-state index in [9.17, 15) is 4.79 Å². The lowest BCUT2D eigenvalue weighted by Crippen LogP contribution is -2.41. The van der Waals surface area contributed by atoms with Crippen molar-refractivity contribution in [3.63, 3.8) is 0 Å². The zero-order valence-corrected chi connectivity index (χ0v) is 15.3. The maximum Gasteiger partial charge on any atom is 0.514 e. The van der Waals surface area contributed by atoms with Gasteiger partial charge in [0.15, 0.2) is 5.05 Å². The molecule has 134 valence electrons. The fourth-order valence-corrected chi connectivity index (χ4v) is 4.10. The van der Waals surface area contributed by atoms with E-state index in [1.54, 1.807) is 0 Å². The Morgan fingerprint density at radius 2 is 1.69 bits per heavy atom. The van der Waals surface area contributed by atoms with Gasteiger partial charge in [0.1, 0.15) is 6.61 Å². The van der Waals surface area contributed by atoms with Gasteiger partial charge in [-0.15, -0.1) is 0 Å². The molecule has 4 nitrogen and oxygen atoms in total.